The largest absolute Gasteiger partial charge is 0.310 e. The lowest BCUT2D eigenvalue weighted by atomic mass is 9.34. The Hall–Kier alpha value is -10.2. The van der Waals surface area contributed by atoms with E-state index in [1.165, 1.54) is 27.2 Å². The van der Waals surface area contributed by atoms with Crippen LogP contribution in [0, 0.1) is 0 Å². The van der Waals surface area contributed by atoms with E-state index in [1.807, 2.05) is 0 Å². The minimum Gasteiger partial charge on any atom is -0.310 e. The fourth-order valence-electron chi connectivity index (χ4n) is 12.5. The summed E-state index contributed by atoms with van der Waals surface area (Å²) in [6, 6.07) is 96.2. The van der Waals surface area contributed by atoms with Gasteiger partial charge in [-0.25, -0.2) is 9.97 Å². The van der Waals surface area contributed by atoms with E-state index in [2.05, 4.69) is 290 Å². The molecule has 3 aromatic heterocycles. The fourth-order valence-corrected chi connectivity index (χ4v) is 12.5. The molecule has 0 saturated carbocycles. The van der Waals surface area contributed by atoms with Crippen LogP contribution < -0.4 is 26.2 Å². The number of fused-ring (bicyclic) bond motifs is 7. The summed E-state index contributed by atoms with van der Waals surface area (Å²) in [5.41, 5.74) is 21.5. The molecule has 2 aliphatic rings. The summed E-state index contributed by atoms with van der Waals surface area (Å²) < 4.78 is 7.39. The van der Waals surface area contributed by atoms with Crippen LogP contribution in [-0.2, 0) is 0 Å². The Kier molecular flexibility index (Phi) is 9.29. The molecule has 0 spiro atoms. The summed E-state index contributed by atoms with van der Waals surface area (Å²) in [6.45, 7) is -0.246. The lowest BCUT2D eigenvalue weighted by Crippen LogP contribution is -2.59. The summed E-state index contributed by atoms with van der Waals surface area (Å²) in [4.78, 5) is 16.3. The van der Waals surface area contributed by atoms with Crippen LogP contribution in [0.2, 0.25) is 0 Å². The molecule has 354 valence electrons. The average molecular weight is 970 g/mol. The number of benzene rings is 11. The monoisotopic (exact) mass is 969 g/mol. The van der Waals surface area contributed by atoms with Crippen molar-refractivity contribution in [3.8, 4) is 39.8 Å². The Morgan fingerprint density at radius 2 is 0.658 bits per heavy atom. The third-order valence-electron chi connectivity index (χ3n) is 15.5. The smallest absolute Gasteiger partial charge is 0.252 e. The first kappa shape index (κ1) is 42.3. The van der Waals surface area contributed by atoms with Crippen molar-refractivity contribution in [2.75, 3.05) is 9.80 Å². The highest BCUT2D eigenvalue weighted by molar-refractivity contribution is 7.00. The third-order valence-corrected chi connectivity index (χ3v) is 15.5. The molecule has 16 rings (SSSR count). The lowest BCUT2D eigenvalue weighted by molar-refractivity contribution is 1.06. The molecule has 0 unspecified atom stereocenters. The van der Waals surface area contributed by atoms with Crippen molar-refractivity contribution < 1.29 is 0 Å². The van der Waals surface area contributed by atoms with Gasteiger partial charge >= 0.3 is 0 Å². The molecule has 0 bridgehead atoms. The van der Waals surface area contributed by atoms with Crippen LogP contribution in [0.25, 0.3) is 83.7 Å². The van der Waals surface area contributed by atoms with Crippen molar-refractivity contribution in [2.45, 2.75) is 0 Å². The molecule has 0 aliphatic carbocycles. The van der Waals surface area contributed by atoms with Crippen LogP contribution in [-0.4, -0.2) is 30.4 Å². The maximum absolute atomic E-state index is 5.77. The van der Waals surface area contributed by atoms with Crippen molar-refractivity contribution in [2.24, 2.45) is 0 Å². The van der Waals surface area contributed by atoms with Gasteiger partial charge in [0.05, 0.1) is 38.8 Å². The second-order valence-electron chi connectivity index (χ2n) is 19.8. The van der Waals surface area contributed by atoms with Gasteiger partial charge in [0.15, 0.2) is 0 Å². The van der Waals surface area contributed by atoms with Crippen LogP contribution in [0.15, 0.2) is 267 Å². The lowest BCUT2D eigenvalue weighted by Gasteiger charge is -2.36. The van der Waals surface area contributed by atoms with Gasteiger partial charge in [0, 0.05) is 67.4 Å². The second kappa shape index (κ2) is 16.7. The van der Waals surface area contributed by atoms with E-state index < -0.39 is 0 Å². The van der Waals surface area contributed by atoms with Gasteiger partial charge < -0.3 is 14.4 Å². The Morgan fingerprint density at radius 1 is 0.316 bits per heavy atom. The van der Waals surface area contributed by atoms with Gasteiger partial charge in [0.25, 0.3) is 6.71 Å². The highest BCUT2D eigenvalue weighted by Crippen LogP contribution is 2.44. The summed E-state index contributed by atoms with van der Waals surface area (Å²) in [5, 5.41) is 2.43. The average Bonchev–Trinajstić information content (AvgIpc) is 4.33. The van der Waals surface area contributed by atoms with Gasteiger partial charge in [-0.05, 0) is 113 Å². The zero-order valence-electron chi connectivity index (χ0n) is 41.1. The molecule has 0 fully saturated rings. The normalized spacial score (nSPS) is 12.2. The minimum absolute atomic E-state index is 0.246. The molecule has 8 heteroatoms. The minimum atomic E-state index is -0.246. The van der Waals surface area contributed by atoms with Crippen molar-refractivity contribution in [1.82, 2.24) is 23.7 Å². The molecule has 14 aromatic rings. The van der Waals surface area contributed by atoms with Gasteiger partial charge in [-0.3, -0.25) is 9.13 Å². The summed E-state index contributed by atoms with van der Waals surface area (Å²) in [7, 11) is 0. The number of anilines is 6. The number of aromatic nitrogens is 5. The first-order valence-corrected chi connectivity index (χ1v) is 25.9. The topological polar surface area (TPSA) is 47.1 Å². The molecule has 0 atom stereocenters. The van der Waals surface area contributed by atoms with E-state index in [0.29, 0.717) is 0 Å². The number of para-hydroxylation sites is 6. The first-order chi connectivity index (χ1) is 37.7. The van der Waals surface area contributed by atoms with Gasteiger partial charge in [0.2, 0.25) is 0 Å². The Balaban J connectivity index is 1.09. The van der Waals surface area contributed by atoms with E-state index in [0.717, 1.165) is 107 Å². The van der Waals surface area contributed by atoms with Crippen LogP contribution in [0.1, 0.15) is 0 Å². The summed E-state index contributed by atoms with van der Waals surface area (Å²) in [6.07, 6.45) is 0. The number of nitrogens with zero attached hydrogens (tertiary/aromatic N) is 7. The van der Waals surface area contributed by atoms with Crippen LogP contribution >= 0.6 is 0 Å². The Morgan fingerprint density at radius 3 is 1.04 bits per heavy atom. The first-order valence-electron chi connectivity index (χ1n) is 25.9. The molecule has 76 heavy (non-hydrogen) atoms. The molecule has 2 aliphatic heterocycles. The molecule has 11 aromatic carbocycles. The van der Waals surface area contributed by atoms with Crippen molar-refractivity contribution in [3.63, 3.8) is 0 Å². The van der Waals surface area contributed by atoms with E-state index in [4.69, 9.17) is 9.97 Å². The van der Waals surface area contributed by atoms with Crippen molar-refractivity contribution in [3.05, 3.63) is 267 Å². The zero-order valence-corrected chi connectivity index (χ0v) is 41.1. The Labute approximate surface area is 439 Å². The molecule has 0 saturated heterocycles. The number of hydrogen-bond donors (Lipinski definition) is 0. The van der Waals surface area contributed by atoms with Gasteiger partial charge in [-0.2, -0.15) is 0 Å². The second-order valence-corrected chi connectivity index (χ2v) is 19.8. The highest BCUT2D eigenvalue weighted by atomic mass is 15.2. The third kappa shape index (κ3) is 6.31. The number of imidazole rings is 2. The maximum Gasteiger partial charge on any atom is 0.252 e. The van der Waals surface area contributed by atoms with E-state index >= 15 is 0 Å². The number of hydrogen-bond acceptors (Lipinski definition) is 4. The zero-order chi connectivity index (χ0) is 49.8. The van der Waals surface area contributed by atoms with Gasteiger partial charge in [0.1, 0.15) is 11.6 Å². The predicted octanol–water partition coefficient (Wildman–Crippen LogP) is 14.9. The Bertz CT molecular complexity index is 4210. The van der Waals surface area contributed by atoms with E-state index in [9.17, 15) is 0 Å². The summed E-state index contributed by atoms with van der Waals surface area (Å²) in [5.74, 6) is 1.77. The molecule has 5 heterocycles. The van der Waals surface area contributed by atoms with E-state index in [1.54, 1.807) is 0 Å². The molecular formula is C68H44BN7. The van der Waals surface area contributed by atoms with Crippen molar-refractivity contribution >= 4 is 101 Å². The predicted molar refractivity (Wildman–Crippen MR) is 315 cm³/mol. The SMILES string of the molecule is c1ccc(-c2nc3cc(N(c4ccccc4)c4ccccc4)cc4c3n2-c2cc(-n3c5ccccc5c5ccccc53)cc3c2B4c2cc(N(c4ccccc4)c4ccccc4)cc4nc(-c5ccccc5)n-3c24)cc1. The standard InChI is InChI=1S/C68H44BN7/c1-7-23-45(24-8-1)67-70-58-41-51(72(47-27-11-3-12-28-47)48-29-13-4-14-30-48)39-56-65(58)75(67)62-43-53(74-60-37-21-19-35-54(60)55-36-20-22-38-61(55)74)44-63-64(62)69(56)57-40-52(73(49-31-15-5-16-32-49)50-33-17-6-18-34-50)42-59-66(57)76(63)68(71-59)46-25-9-2-10-26-46/h1-44H. The van der Waals surface area contributed by atoms with Crippen LogP contribution in [0.5, 0.6) is 0 Å². The van der Waals surface area contributed by atoms with Crippen molar-refractivity contribution in [1.29, 1.82) is 0 Å². The van der Waals surface area contributed by atoms with E-state index in [-0.39, 0.29) is 6.71 Å². The molecule has 0 N–H and O–H groups in total. The molecule has 0 amide bonds. The summed E-state index contributed by atoms with van der Waals surface area (Å²) >= 11 is 0. The van der Waals surface area contributed by atoms with Gasteiger partial charge in [-0.15, -0.1) is 0 Å². The highest BCUT2D eigenvalue weighted by Gasteiger charge is 2.43. The van der Waals surface area contributed by atoms with Crippen LogP contribution in [0.4, 0.5) is 34.1 Å². The molecular weight excluding hydrogens is 926 g/mol. The van der Waals surface area contributed by atoms with Gasteiger partial charge in [-0.1, -0.05) is 170 Å². The van der Waals surface area contributed by atoms with Crippen LogP contribution in [0.3, 0.4) is 0 Å². The number of rotatable bonds is 9. The maximum atomic E-state index is 5.77. The molecule has 0 radical (unpaired) electrons. The fraction of sp³-hybridized carbons (Fsp3) is 0. The molecule has 7 nitrogen and oxygen atoms in total. The quantitative estimate of drug-likeness (QED) is 0.135.